The molecule has 11 aromatic rings. The van der Waals surface area contributed by atoms with Crippen molar-refractivity contribution in [3.05, 3.63) is 205 Å². The quantitative estimate of drug-likeness (QED) is 0.0947. The number of benzene rings is 11. The number of halogens is 5. The van der Waals surface area contributed by atoms with E-state index in [1.54, 1.807) is 24.3 Å². The SMILES string of the molecule is Fc1ccc(-c2ccc3c(-c4cc5ccccc5c5ccccc45)c4cc(-c5cccc(C(F)(F)F)c5)ccc4c(-c4cc5cc(F)ccc5c5ccccc45)c3c2)cc1. The Morgan fingerprint density at radius 2 is 0.750 bits per heavy atom. The van der Waals surface area contributed by atoms with Crippen molar-refractivity contribution < 1.29 is 22.0 Å². The lowest BCUT2D eigenvalue weighted by atomic mass is 9.81. The van der Waals surface area contributed by atoms with Crippen molar-refractivity contribution in [2.45, 2.75) is 6.18 Å². The summed E-state index contributed by atoms with van der Waals surface area (Å²) < 4.78 is 71.6. The molecule has 0 aromatic heterocycles. The minimum Gasteiger partial charge on any atom is -0.207 e. The first-order valence-electron chi connectivity index (χ1n) is 19.7. The summed E-state index contributed by atoms with van der Waals surface area (Å²) in [6.07, 6.45) is -4.51. The van der Waals surface area contributed by atoms with Gasteiger partial charge in [-0.1, -0.05) is 127 Å². The molecule has 5 heteroatoms. The first kappa shape index (κ1) is 35.8. The molecule has 0 radical (unpaired) electrons. The molecule has 0 nitrogen and oxygen atoms in total. The first-order chi connectivity index (χ1) is 29.2. The van der Waals surface area contributed by atoms with E-state index in [1.807, 2.05) is 72.8 Å². The highest BCUT2D eigenvalue weighted by molar-refractivity contribution is 6.29. The second kappa shape index (κ2) is 13.6. The van der Waals surface area contributed by atoms with Gasteiger partial charge in [-0.25, -0.2) is 8.78 Å². The van der Waals surface area contributed by atoms with Gasteiger partial charge in [0.15, 0.2) is 0 Å². The van der Waals surface area contributed by atoms with Gasteiger partial charge in [-0.15, -0.1) is 0 Å². The van der Waals surface area contributed by atoms with Gasteiger partial charge in [0.2, 0.25) is 0 Å². The fourth-order valence-electron chi connectivity index (χ4n) is 9.24. The van der Waals surface area contributed by atoms with E-state index >= 15 is 4.39 Å². The minimum atomic E-state index is -4.51. The van der Waals surface area contributed by atoms with E-state index in [4.69, 9.17) is 0 Å². The maximum absolute atomic E-state index is 15.0. The predicted octanol–water partition coefficient (Wildman–Crippen LogP) is 16.6. The molecule has 0 bridgehead atoms. The second-order valence-corrected chi connectivity index (χ2v) is 15.4. The standard InChI is InChI=1S/C55H31F5/c56-39-20-16-32(17-21-39)34-18-23-47-51(28-34)54(50-31-37-27-40(57)22-25-42(37)44-13-4-6-15-46(44)50)48-24-19-35(33-9-7-10-38(26-33)55(58,59)60)29-52(48)53(47)49-30-36-8-1-2-11-41(36)43-12-3-5-14-45(43)49/h1-31H. The summed E-state index contributed by atoms with van der Waals surface area (Å²) in [4.78, 5) is 0. The fourth-order valence-corrected chi connectivity index (χ4v) is 9.24. The minimum absolute atomic E-state index is 0.330. The molecule has 0 spiro atoms. The van der Waals surface area contributed by atoms with E-state index in [-0.39, 0.29) is 11.6 Å². The first-order valence-corrected chi connectivity index (χ1v) is 19.7. The highest BCUT2D eigenvalue weighted by atomic mass is 19.4. The Labute approximate surface area is 341 Å². The van der Waals surface area contributed by atoms with Crippen LogP contribution in [0.3, 0.4) is 0 Å². The molecule has 0 unspecified atom stereocenters. The molecule has 0 N–H and O–H groups in total. The van der Waals surface area contributed by atoms with Gasteiger partial charge >= 0.3 is 6.18 Å². The van der Waals surface area contributed by atoms with E-state index in [0.29, 0.717) is 11.1 Å². The Bertz CT molecular complexity index is 3540. The Kier molecular flexibility index (Phi) is 8.11. The molecule has 0 aliphatic carbocycles. The molecule has 0 atom stereocenters. The van der Waals surface area contributed by atoms with Gasteiger partial charge in [0.05, 0.1) is 5.56 Å². The molecule has 286 valence electrons. The van der Waals surface area contributed by atoms with E-state index in [9.17, 15) is 17.6 Å². The van der Waals surface area contributed by atoms with Crippen molar-refractivity contribution in [1.29, 1.82) is 0 Å². The van der Waals surface area contributed by atoms with Gasteiger partial charge in [-0.2, -0.15) is 13.2 Å². The van der Waals surface area contributed by atoms with Crippen LogP contribution < -0.4 is 0 Å². The molecule has 60 heavy (non-hydrogen) atoms. The molecule has 0 amide bonds. The molecule has 0 heterocycles. The predicted molar refractivity (Wildman–Crippen MR) is 238 cm³/mol. The summed E-state index contributed by atoms with van der Waals surface area (Å²) >= 11 is 0. The fraction of sp³-hybridized carbons (Fsp3) is 0.0182. The van der Waals surface area contributed by atoms with E-state index in [1.165, 1.54) is 30.3 Å². The largest absolute Gasteiger partial charge is 0.416 e. The Hall–Kier alpha value is -7.37. The van der Waals surface area contributed by atoms with Crippen LogP contribution in [-0.2, 0) is 6.18 Å². The lowest BCUT2D eigenvalue weighted by molar-refractivity contribution is -0.137. The third-order valence-electron chi connectivity index (χ3n) is 11.9. The van der Waals surface area contributed by atoms with Crippen LogP contribution in [0.5, 0.6) is 0 Å². The number of hydrogen-bond acceptors (Lipinski definition) is 0. The highest BCUT2D eigenvalue weighted by Crippen LogP contribution is 2.50. The Balaban J connectivity index is 1.35. The van der Waals surface area contributed by atoms with Gasteiger partial charge in [0, 0.05) is 0 Å². The molecule has 0 aliphatic rings. The topological polar surface area (TPSA) is 0 Å². The summed E-state index contributed by atoms with van der Waals surface area (Å²) in [5, 5.41) is 11.4. The number of fused-ring (bicyclic) bond motifs is 8. The third-order valence-corrected chi connectivity index (χ3v) is 11.9. The number of hydrogen-bond donors (Lipinski definition) is 0. The molecular formula is C55H31F5. The normalized spacial score (nSPS) is 12.1. The lowest BCUT2D eigenvalue weighted by Crippen LogP contribution is -2.04. The summed E-state index contributed by atoms with van der Waals surface area (Å²) in [6.45, 7) is 0. The summed E-state index contributed by atoms with van der Waals surface area (Å²) in [6, 6.07) is 57.9. The van der Waals surface area contributed by atoms with Crippen molar-refractivity contribution in [3.63, 3.8) is 0 Å². The molecular weight excluding hydrogens is 756 g/mol. The van der Waals surface area contributed by atoms with Crippen LogP contribution in [-0.4, -0.2) is 0 Å². The van der Waals surface area contributed by atoms with Crippen LogP contribution in [0.15, 0.2) is 188 Å². The van der Waals surface area contributed by atoms with Crippen molar-refractivity contribution in [1.82, 2.24) is 0 Å². The average molecular weight is 787 g/mol. The molecule has 0 fully saturated rings. The van der Waals surface area contributed by atoms with Crippen LogP contribution in [0.2, 0.25) is 0 Å². The molecule has 0 aliphatic heterocycles. The highest BCUT2D eigenvalue weighted by Gasteiger charge is 2.30. The summed E-state index contributed by atoms with van der Waals surface area (Å²) in [5.41, 5.74) is 5.78. The van der Waals surface area contributed by atoms with E-state index in [2.05, 4.69) is 54.6 Å². The summed E-state index contributed by atoms with van der Waals surface area (Å²) in [5.74, 6) is -0.676. The van der Waals surface area contributed by atoms with Crippen LogP contribution >= 0.6 is 0 Å². The zero-order chi connectivity index (χ0) is 40.7. The van der Waals surface area contributed by atoms with Crippen molar-refractivity contribution in [3.8, 4) is 44.5 Å². The van der Waals surface area contributed by atoms with Crippen molar-refractivity contribution in [2.24, 2.45) is 0 Å². The smallest absolute Gasteiger partial charge is 0.207 e. The number of rotatable bonds is 4. The molecule has 11 aromatic carbocycles. The lowest BCUT2D eigenvalue weighted by Gasteiger charge is -2.22. The van der Waals surface area contributed by atoms with Crippen molar-refractivity contribution in [2.75, 3.05) is 0 Å². The molecule has 0 saturated carbocycles. The Morgan fingerprint density at radius 3 is 1.37 bits per heavy atom. The van der Waals surface area contributed by atoms with Gasteiger partial charge in [-0.05, 0) is 170 Å². The zero-order valence-corrected chi connectivity index (χ0v) is 31.8. The van der Waals surface area contributed by atoms with Gasteiger partial charge in [0.25, 0.3) is 0 Å². The van der Waals surface area contributed by atoms with Gasteiger partial charge < -0.3 is 0 Å². The van der Waals surface area contributed by atoms with Crippen LogP contribution in [0, 0.1) is 11.6 Å². The molecule has 0 saturated heterocycles. The monoisotopic (exact) mass is 786 g/mol. The van der Waals surface area contributed by atoms with E-state index in [0.717, 1.165) is 104 Å². The average Bonchev–Trinajstić information content (AvgIpc) is 3.27. The van der Waals surface area contributed by atoms with Crippen LogP contribution in [0.1, 0.15) is 5.56 Å². The Morgan fingerprint density at radius 1 is 0.283 bits per heavy atom. The maximum atomic E-state index is 15.0. The van der Waals surface area contributed by atoms with Gasteiger partial charge in [0.1, 0.15) is 11.6 Å². The van der Waals surface area contributed by atoms with Crippen molar-refractivity contribution >= 4 is 64.6 Å². The third kappa shape index (κ3) is 5.80. The second-order valence-electron chi connectivity index (χ2n) is 15.4. The summed E-state index contributed by atoms with van der Waals surface area (Å²) in [7, 11) is 0. The molecule has 11 rings (SSSR count). The maximum Gasteiger partial charge on any atom is 0.416 e. The van der Waals surface area contributed by atoms with Crippen LogP contribution in [0.4, 0.5) is 22.0 Å². The van der Waals surface area contributed by atoms with E-state index < -0.39 is 11.7 Å². The van der Waals surface area contributed by atoms with Gasteiger partial charge in [-0.3, -0.25) is 0 Å². The van der Waals surface area contributed by atoms with Crippen LogP contribution in [0.25, 0.3) is 109 Å². The number of alkyl halides is 3. The zero-order valence-electron chi connectivity index (χ0n) is 31.8.